The average Bonchev–Trinajstić information content (AvgIpc) is 2.77. The van der Waals surface area contributed by atoms with Crippen molar-refractivity contribution in [2.75, 3.05) is 13.6 Å². The molecule has 1 aromatic heterocycles. The van der Waals surface area contributed by atoms with Crippen molar-refractivity contribution in [1.29, 1.82) is 0 Å². The van der Waals surface area contributed by atoms with Crippen LogP contribution in [0.1, 0.15) is 19.0 Å². The summed E-state index contributed by atoms with van der Waals surface area (Å²) in [7, 11) is -1.52. The van der Waals surface area contributed by atoms with E-state index in [1.54, 1.807) is 6.07 Å². The molecule has 2 atom stereocenters. The first-order valence-corrected chi connectivity index (χ1v) is 7.33. The molecule has 5 nitrogen and oxygen atoms in total. The van der Waals surface area contributed by atoms with Crippen LogP contribution >= 0.6 is 0 Å². The van der Waals surface area contributed by atoms with Gasteiger partial charge in [0, 0.05) is 25.0 Å². The number of hydrogen-bond donors (Lipinski definition) is 3. The van der Waals surface area contributed by atoms with Gasteiger partial charge in [-0.25, -0.2) is 13.1 Å². The fraction of sp³-hybridized carbons (Fsp3) is 0.636. The summed E-state index contributed by atoms with van der Waals surface area (Å²) in [5.74, 6) is 1.17. The van der Waals surface area contributed by atoms with Crippen molar-refractivity contribution in [3.8, 4) is 0 Å². The molecule has 0 bridgehead atoms. The molecule has 1 aromatic rings. The number of H-pyrrole nitrogens is 1. The summed E-state index contributed by atoms with van der Waals surface area (Å²) < 4.78 is 26.5. The second kappa shape index (κ2) is 4.80. The van der Waals surface area contributed by atoms with Gasteiger partial charge in [-0.05, 0) is 31.4 Å². The molecule has 1 aliphatic carbocycles. The summed E-state index contributed by atoms with van der Waals surface area (Å²) >= 11 is 0. The maximum atomic E-state index is 11.9. The van der Waals surface area contributed by atoms with E-state index >= 15 is 0 Å². The second-order valence-electron chi connectivity index (χ2n) is 4.72. The van der Waals surface area contributed by atoms with Crippen LogP contribution in [0.2, 0.25) is 0 Å². The SMILES string of the molecule is CNCc1cc(S(=O)(=O)NCC2CC2C)c[nH]1. The molecule has 96 valence electrons. The summed E-state index contributed by atoms with van der Waals surface area (Å²) in [5, 5.41) is 2.97. The molecule has 2 rings (SSSR count). The van der Waals surface area contributed by atoms with Crippen LogP contribution in [0.5, 0.6) is 0 Å². The summed E-state index contributed by atoms with van der Waals surface area (Å²) in [4.78, 5) is 3.26. The third kappa shape index (κ3) is 3.08. The molecule has 0 aromatic carbocycles. The Labute approximate surface area is 102 Å². The first kappa shape index (κ1) is 12.6. The number of rotatable bonds is 6. The predicted molar refractivity (Wildman–Crippen MR) is 66.0 cm³/mol. The number of aromatic amines is 1. The molecule has 0 aliphatic heterocycles. The predicted octanol–water partition coefficient (Wildman–Crippen LogP) is 0.668. The fourth-order valence-electron chi connectivity index (χ4n) is 1.85. The van der Waals surface area contributed by atoms with Crippen LogP contribution in [0.15, 0.2) is 17.2 Å². The van der Waals surface area contributed by atoms with Crippen LogP contribution in [0, 0.1) is 11.8 Å². The molecule has 3 N–H and O–H groups in total. The zero-order valence-corrected chi connectivity index (χ0v) is 11.0. The molecule has 1 fully saturated rings. The van der Waals surface area contributed by atoms with Gasteiger partial charge >= 0.3 is 0 Å². The van der Waals surface area contributed by atoms with Crippen molar-refractivity contribution < 1.29 is 8.42 Å². The maximum Gasteiger partial charge on any atom is 0.242 e. The van der Waals surface area contributed by atoms with Gasteiger partial charge in [0.1, 0.15) is 0 Å². The number of hydrogen-bond acceptors (Lipinski definition) is 3. The van der Waals surface area contributed by atoms with Crippen LogP contribution in [-0.2, 0) is 16.6 Å². The standard InChI is InChI=1S/C11H19N3O2S/c1-8-3-9(8)5-14-17(15,16)11-4-10(6-12-2)13-7-11/h4,7-9,12-14H,3,5-6H2,1-2H3. The Kier molecular flexibility index (Phi) is 3.56. The van der Waals surface area contributed by atoms with Gasteiger partial charge in [-0.2, -0.15) is 0 Å². The Morgan fingerprint density at radius 3 is 2.82 bits per heavy atom. The van der Waals surface area contributed by atoms with E-state index in [0.717, 1.165) is 12.1 Å². The van der Waals surface area contributed by atoms with E-state index in [4.69, 9.17) is 0 Å². The van der Waals surface area contributed by atoms with Crippen molar-refractivity contribution in [2.45, 2.75) is 24.8 Å². The van der Waals surface area contributed by atoms with Gasteiger partial charge in [0.2, 0.25) is 10.0 Å². The lowest BCUT2D eigenvalue weighted by Gasteiger charge is -2.03. The first-order chi connectivity index (χ1) is 8.03. The van der Waals surface area contributed by atoms with E-state index in [2.05, 4.69) is 21.9 Å². The van der Waals surface area contributed by atoms with E-state index < -0.39 is 10.0 Å². The first-order valence-electron chi connectivity index (χ1n) is 5.84. The van der Waals surface area contributed by atoms with E-state index in [9.17, 15) is 8.42 Å². The second-order valence-corrected chi connectivity index (χ2v) is 6.48. The van der Waals surface area contributed by atoms with Crippen LogP contribution in [0.4, 0.5) is 0 Å². The third-order valence-corrected chi connectivity index (χ3v) is 4.61. The van der Waals surface area contributed by atoms with Gasteiger partial charge in [0.25, 0.3) is 0 Å². The van der Waals surface area contributed by atoms with Crippen molar-refractivity contribution in [3.05, 3.63) is 18.0 Å². The zero-order chi connectivity index (χ0) is 12.5. The van der Waals surface area contributed by atoms with Crippen molar-refractivity contribution in [3.63, 3.8) is 0 Å². The highest BCUT2D eigenvalue weighted by Crippen LogP contribution is 2.37. The summed E-state index contributed by atoms with van der Waals surface area (Å²) in [6.07, 6.45) is 2.66. The minimum atomic E-state index is -3.35. The van der Waals surface area contributed by atoms with Crippen LogP contribution in [-0.4, -0.2) is 27.0 Å². The summed E-state index contributed by atoms with van der Waals surface area (Å²) in [5.41, 5.74) is 0.868. The minimum Gasteiger partial charge on any atom is -0.363 e. The van der Waals surface area contributed by atoms with E-state index in [1.165, 1.54) is 6.20 Å². The number of nitrogens with one attached hydrogen (secondary N) is 3. The normalized spacial score (nSPS) is 23.9. The molecule has 1 heterocycles. The average molecular weight is 257 g/mol. The van der Waals surface area contributed by atoms with Crippen LogP contribution in [0.25, 0.3) is 0 Å². The zero-order valence-electron chi connectivity index (χ0n) is 10.2. The lowest BCUT2D eigenvalue weighted by atomic mass is 10.3. The van der Waals surface area contributed by atoms with Gasteiger partial charge in [0.05, 0.1) is 4.90 Å². The van der Waals surface area contributed by atoms with E-state index in [-0.39, 0.29) is 0 Å². The fourth-order valence-corrected chi connectivity index (χ4v) is 2.96. The topological polar surface area (TPSA) is 74.0 Å². The molecule has 0 spiro atoms. The highest BCUT2D eigenvalue weighted by atomic mass is 32.2. The van der Waals surface area contributed by atoms with Gasteiger partial charge in [0.15, 0.2) is 0 Å². The van der Waals surface area contributed by atoms with Gasteiger partial charge in [-0.15, -0.1) is 0 Å². The van der Waals surface area contributed by atoms with Crippen LogP contribution < -0.4 is 10.0 Å². The summed E-state index contributed by atoms with van der Waals surface area (Å²) in [6.45, 7) is 3.32. The lowest BCUT2D eigenvalue weighted by Crippen LogP contribution is -2.25. The number of aromatic nitrogens is 1. The molecule has 1 aliphatic rings. The van der Waals surface area contributed by atoms with E-state index in [1.807, 2.05) is 7.05 Å². The molecule has 17 heavy (non-hydrogen) atoms. The molecule has 0 radical (unpaired) electrons. The highest BCUT2D eigenvalue weighted by Gasteiger charge is 2.33. The summed E-state index contributed by atoms with van der Waals surface area (Å²) in [6, 6.07) is 1.66. The molecular weight excluding hydrogens is 238 g/mol. The van der Waals surface area contributed by atoms with Gasteiger partial charge in [-0.1, -0.05) is 6.92 Å². The number of sulfonamides is 1. The smallest absolute Gasteiger partial charge is 0.242 e. The molecule has 0 saturated heterocycles. The maximum absolute atomic E-state index is 11.9. The largest absolute Gasteiger partial charge is 0.363 e. The minimum absolute atomic E-state index is 0.316. The Bertz CT molecular complexity index is 481. The Hall–Kier alpha value is -0.850. The van der Waals surface area contributed by atoms with Gasteiger partial charge < -0.3 is 10.3 Å². The highest BCUT2D eigenvalue weighted by molar-refractivity contribution is 7.89. The molecule has 6 heteroatoms. The van der Waals surface area contributed by atoms with Crippen molar-refractivity contribution in [2.24, 2.45) is 11.8 Å². The van der Waals surface area contributed by atoms with Crippen molar-refractivity contribution in [1.82, 2.24) is 15.0 Å². The van der Waals surface area contributed by atoms with E-state index in [0.29, 0.717) is 29.8 Å². The molecule has 1 saturated carbocycles. The molecular formula is C11H19N3O2S. The quantitative estimate of drug-likeness (QED) is 0.701. The molecule has 0 amide bonds. The monoisotopic (exact) mass is 257 g/mol. The molecule has 2 unspecified atom stereocenters. The van der Waals surface area contributed by atoms with Crippen LogP contribution in [0.3, 0.4) is 0 Å². The Balaban J connectivity index is 1.98. The Morgan fingerprint density at radius 1 is 1.53 bits per heavy atom. The van der Waals surface area contributed by atoms with Crippen molar-refractivity contribution >= 4 is 10.0 Å². The third-order valence-electron chi connectivity index (χ3n) is 3.21. The lowest BCUT2D eigenvalue weighted by molar-refractivity contribution is 0.574. The Morgan fingerprint density at radius 2 is 2.24 bits per heavy atom. The van der Waals surface area contributed by atoms with Gasteiger partial charge in [-0.3, -0.25) is 0 Å².